The molecule has 0 radical (unpaired) electrons. The molecule has 37 heavy (non-hydrogen) atoms. The predicted molar refractivity (Wildman–Crippen MR) is 165 cm³/mol. The highest BCUT2D eigenvalue weighted by atomic mass is 28.3. The highest BCUT2D eigenvalue weighted by Crippen LogP contribution is 2.45. The number of rotatable bonds is 1. The molecule has 6 rings (SSSR count). The van der Waals surface area contributed by atoms with Crippen molar-refractivity contribution >= 4 is 62.3 Å². The quantitative estimate of drug-likeness (QED) is 0.0920. The molecule has 0 saturated carbocycles. The molecule has 0 aliphatic rings. The average molecular weight is 506 g/mol. The first-order valence-corrected chi connectivity index (χ1v) is 17.2. The predicted octanol–water partition coefficient (Wildman–Crippen LogP) is 8.26. The van der Waals surface area contributed by atoms with Crippen LogP contribution in [0, 0.1) is 6.92 Å². The SMILES string of the molecule is Cc1cc(C(C)(C)C)c2c3ccc(C(C)(C)C)cc3n3c4cc([Si](C)(C)C)cc5cc[n+](C)c(c1c23)c54. The van der Waals surface area contributed by atoms with Gasteiger partial charge in [0.05, 0.1) is 35.4 Å². The van der Waals surface area contributed by atoms with Crippen LogP contribution < -0.4 is 9.75 Å². The van der Waals surface area contributed by atoms with E-state index in [2.05, 4.69) is 133 Å². The van der Waals surface area contributed by atoms with Crippen molar-refractivity contribution in [2.24, 2.45) is 7.05 Å². The van der Waals surface area contributed by atoms with Gasteiger partial charge in [-0.3, -0.25) is 0 Å². The van der Waals surface area contributed by atoms with E-state index in [0.29, 0.717) is 0 Å². The zero-order valence-electron chi connectivity index (χ0n) is 24.5. The van der Waals surface area contributed by atoms with Gasteiger partial charge in [-0.2, -0.15) is 0 Å². The van der Waals surface area contributed by atoms with Gasteiger partial charge in [-0.15, -0.1) is 0 Å². The van der Waals surface area contributed by atoms with Crippen molar-refractivity contribution in [2.45, 2.75) is 78.9 Å². The maximum atomic E-state index is 2.64. The molecular formula is C34H41N2Si+. The zero-order chi connectivity index (χ0) is 26.8. The molecule has 0 amide bonds. The third-order valence-electron chi connectivity index (χ3n) is 8.46. The van der Waals surface area contributed by atoms with Gasteiger partial charge in [0.1, 0.15) is 7.05 Å². The first-order chi connectivity index (χ1) is 17.1. The molecule has 2 nitrogen and oxygen atoms in total. The maximum absolute atomic E-state index is 2.64. The van der Waals surface area contributed by atoms with Crippen LogP contribution in [0.15, 0.2) is 48.7 Å². The van der Waals surface area contributed by atoms with Crippen LogP contribution in [-0.4, -0.2) is 12.5 Å². The van der Waals surface area contributed by atoms with E-state index in [1.807, 2.05) is 0 Å². The Hall–Kier alpha value is -2.91. The number of pyridine rings is 2. The number of aryl methyl sites for hydroxylation is 2. The molecular weight excluding hydrogens is 464 g/mol. The first-order valence-electron chi connectivity index (χ1n) is 13.7. The minimum atomic E-state index is -1.54. The summed E-state index contributed by atoms with van der Waals surface area (Å²) in [6.07, 6.45) is 2.26. The Kier molecular flexibility index (Phi) is 4.85. The van der Waals surface area contributed by atoms with Gasteiger partial charge in [0, 0.05) is 16.8 Å². The van der Waals surface area contributed by atoms with E-state index in [0.717, 1.165) is 0 Å². The van der Waals surface area contributed by atoms with Crippen LogP contribution in [0.5, 0.6) is 0 Å². The number of nitrogens with zero attached hydrogens (tertiary/aromatic N) is 2. The maximum Gasteiger partial charge on any atom is 0.224 e. The molecule has 0 aliphatic carbocycles. The molecule has 3 heteroatoms. The van der Waals surface area contributed by atoms with Gasteiger partial charge < -0.3 is 4.40 Å². The number of benzene rings is 3. The highest BCUT2D eigenvalue weighted by molar-refractivity contribution is 6.89. The Morgan fingerprint density at radius 1 is 0.757 bits per heavy atom. The van der Waals surface area contributed by atoms with Gasteiger partial charge in [0.15, 0.2) is 6.20 Å². The van der Waals surface area contributed by atoms with Gasteiger partial charge in [-0.05, 0) is 52.0 Å². The summed E-state index contributed by atoms with van der Waals surface area (Å²) in [4.78, 5) is 0. The highest BCUT2D eigenvalue weighted by Gasteiger charge is 2.30. The number of aromatic nitrogens is 2. The van der Waals surface area contributed by atoms with Gasteiger partial charge in [-0.25, -0.2) is 4.57 Å². The molecule has 190 valence electrons. The van der Waals surface area contributed by atoms with Crippen molar-refractivity contribution < 1.29 is 4.57 Å². The minimum absolute atomic E-state index is 0.0414. The van der Waals surface area contributed by atoms with Crippen LogP contribution >= 0.6 is 0 Å². The lowest BCUT2D eigenvalue weighted by Gasteiger charge is -2.23. The van der Waals surface area contributed by atoms with Crippen LogP contribution in [0.3, 0.4) is 0 Å². The number of fused-ring (bicyclic) bond motifs is 5. The first kappa shape index (κ1) is 24.4. The summed E-state index contributed by atoms with van der Waals surface area (Å²) in [5.41, 5.74) is 9.74. The van der Waals surface area contributed by atoms with Crippen molar-refractivity contribution in [1.82, 2.24) is 4.40 Å². The van der Waals surface area contributed by atoms with E-state index >= 15 is 0 Å². The smallest absolute Gasteiger partial charge is 0.224 e. The lowest BCUT2D eigenvalue weighted by atomic mass is 9.81. The monoisotopic (exact) mass is 505 g/mol. The Morgan fingerprint density at radius 3 is 2.08 bits per heavy atom. The fourth-order valence-corrected chi connectivity index (χ4v) is 7.50. The molecule has 0 N–H and O–H groups in total. The van der Waals surface area contributed by atoms with Gasteiger partial charge in [-0.1, -0.05) is 90.6 Å². The number of hydrogen-bond acceptors (Lipinski definition) is 0. The molecule has 0 fully saturated rings. The van der Waals surface area contributed by atoms with Crippen molar-refractivity contribution in [3.8, 4) is 0 Å². The summed E-state index contributed by atoms with van der Waals surface area (Å²) in [7, 11) is 0.673. The largest absolute Gasteiger partial charge is 0.307 e. The Labute approximate surface area is 222 Å². The van der Waals surface area contributed by atoms with E-state index in [9.17, 15) is 0 Å². The molecule has 3 aromatic heterocycles. The second-order valence-electron chi connectivity index (χ2n) is 14.4. The standard InChI is InChI=1S/C34H41N2Si/c1-20-16-25(34(5,6)7)30-24-13-12-22(33(2,3)4)18-26(24)36-27-19-23(37(9,10)11)17-21-14-15-35(8)31(29(21)27)28(20)32(30)36/h12-19H,1-11H3/q+1. The summed E-state index contributed by atoms with van der Waals surface area (Å²) in [5.74, 6) is 0. The molecule has 0 spiro atoms. The molecule has 3 aromatic carbocycles. The van der Waals surface area contributed by atoms with Crippen LogP contribution in [0.2, 0.25) is 19.6 Å². The molecule has 6 aromatic rings. The van der Waals surface area contributed by atoms with Crippen molar-refractivity contribution in [1.29, 1.82) is 0 Å². The molecule has 0 saturated heterocycles. The minimum Gasteiger partial charge on any atom is -0.307 e. The van der Waals surface area contributed by atoms with Crippen LogP contribution in [0.1, 0.15) is 58.2 Å². The van der Waals surface area contributed by atoms with E-state index < -0.39 is 8.07 Å². The Bertz CT molecular complexity index is 1880. The Morgan fingerprint density at radius 2 is 1.46 bits per heavy atom. The van der Waals surface area contributed by atoms with Gasteiger partial charge >= 0.3 is 0 Å². The fourth-order valence-electron chi connectivity index (χ4n) is 6.34. The topological polar surface area (TPSA) is 8.29 Å². The van der Waals surface area contributed by atoms with Crippen molar-refractivity contribution in [3.05, 3.63) is 65.4 Å². The molecule has 0 unspecified atom stereocenters. The van der Waals surface area contributed by atoms with Crippen LogP contribution in [-0.2, 0) is 17.9 Å². The number of hydrogen-bond donors (Lipinski definition) is 0. The fraction of sp³-hybridized carbons (Fsp3) is 0.382. The van der Waals surface area contributed by atoms with E-state index in [1.165, 1.54) is 70.9 Å². The molecule has 0 atom stereocenters. The second kappa shape index (κ2) is 7.35. The summed E-state index contributed by atoms with van der Waals surface area (Å²) in [5, 5.41) is 8.43. The van der Waals surface area contributed by atoms with E-state index in [-0.39, 0.29) is 10.8 Å². The Balaban J connectivity index is 2.04. The lowest BCUT2D eigenvalue weighted by molar-refractivity contribution is -0.643. The van der Waals surface area contributed by atoms with Crippen LogP contribution in [0.25, 0.3) is 49.0 Å². The second-order valence-corrected chi connectivity index (χ2v) is 19.5. The van der Waals surface area contributed by atoms with E-state index in [4.69, 9.17) is 0 Å². The summed E-state index contributed by atoms with van der Waals surface area (Å²) in [6.45, 7) is 23.7. The summed E-state index contributed by atoms with van der Waals surface area (Å²) >= 11 is 0. The third kappa shape index (κ3) is 3.39. The normalized spacial score (nSPS) is 13.8. The zero-order valence-corrected chi connectivity index (χ0v) is 25.5. The molecule has 3 heterocycles. The van der Waals surface area contributed by atoms with Gasteiger partial charge in [0.2, 0.25) is 5.52 Å². The third-order valence-corrected chi connectivity index (χ3v) is 10.5. The lowest BCUT2D eigenvalue weighted by Crippen LogP contribution is -2.38. The molecule has 0 bridgehead atoms. The van der Waals surface area contributed by atoms with Crippen molar-refractivity contribution in [2.75, 3.05) is 0 Å². The average Bonchev–Trinajstić information content (AvgIpc) is 3.11. The molecule has 0 aliphatic heterocycles. The van der Waals surface area contributed by atoms with Crippen molar-refractivity contribution in [3.63, 3.8) is 0 Å². The summed E-state index contributed by atoms with van der Waals surface area (Å²) in [6, 6.07) is 17.0. The van der Waals surface area contributed by atoms with E-state index in [1.54, 1.807) is 0 Å². The summed E-state index contributed by atoms with van der Waals surface area (Å²) < 4.78 is 4.98. The van der Waals surface area contributed by atoms with Gasteiger partial charge in [0.25, 0.3) is 0 Å². The van der Waals surface area contributed by atoms with Crippen LogP contribution in [0.4, 0.5) is 0 Å².